The number of nitrogens with one attached hydrogen (secondary N) is 1. The van der Waals surface area contributed by atoms with Gasteiger partial charge < -0.3 is 4.98 Å². The van der Waals surface area contributed by atoms with Crippen LogP contribution in [0.2, 0.25) is 0 Å². The zero-order chi connectivity index (χ0) is 33.5. The van der Waals surface area contributed by atoms with Gasteiger partial charge in [0.25, 0.3) is 0 Å². The normalized spacial score (nSPS) is 11.9. The SMILES string of the molecule is c1cc2nc(c1)-c1cccc(n1)-c1cc(-c3ccc4ccccc4c3)cc3c1[nH]c1c(cc(-c4ccc5ccccc5c4)cc13)-c1cccc-2n1. The molecule has 0 atom stereocenters. The summed E-state index contributed by atoms with van der Waals surface area (Å²) in [5, 5.41) is 7.17. The first kappa shape index (κ1) is 28.0. The molecule has 1 aliphatic heterocycles. The fraction of sp³-hybridized carbons (Fsp3) is 0. The van der Waals surface area contributed by atoms with E-state index in [1.54, 1.807) is 0 Å². The molecule has 5 heterocycles. The monoisotopic (exact) mass is 648 g/mol. The predicted octanol–water partition coefficient (Wildman–Crippen LogP) is 12.1. The summed E-state index contributed by atoms with van der Waals surface area (Å²) in [6.45, 7) is 0. The minimum absolute atomic E-state index is 0.814. The van der Waals surface area contributed by atoms with E-state index < -0.39 is 0 Å². The standard InChI is InChI=1S/C47H28N4/c1-3-10-30-22-32(20-18-28(30)8-1)34-24-36-37-25-35(33-21-19-29-9-2-4-11-31(29)23-33)27-39-41-13-6-15-43(49-41)45-17-7-16-44(50-45)42-14-5-12-40(48-42)38(26-34)46(36)51-47(37)39/h1-27,51H. The van der Waals surface area contributed by atoms with Crippen molar-refractivity contribution in [2.45, 2.75) is 0 Å². The van der Waals surface area contributed by atoms with Crippen molar-refractivity contribution in [2.75, 3.05) is 0 Å². The van der Waals surface area contributed by atoms with E-state index in [0.29, 0.717) is 0 Å². The largest absolute Gasteiger partial charge is 0.353 e. The Bertz CT molecular complexity index is 2840. The highest BCUT2D eigenvalue weighted by Gasteiger charge is 2.20. The molecule has 6 aromatic carbocycles. The summed E-state index contributed by atoms with van der Waals surface area (Å²) in [5.74, 6) is 0. The van der Waals surface area contributed by atoms with Gasteiger partial charge in [-0.1, -0.05) is 91.0 Å². The molecule has 0 saturated carbocycles. The average molecular weight is 649 g/mol. The Hall–Kier alpha value is -6.91. The van der Waals surface area contributed by atoms with E-state index in [-0.39, 0.29) is 0 Å². The lowest BCUT2D eigenvalue weighted by atomic mass is 9.93. The molecule has 0 saturated heterocycles. The van der Waals surface area contributed by atoms with Crippen molar-refractivity contribution in [3.05, 3.63) is 164 Å². The molecule has 1 N–H and O–H groups in total. The van der Waals surface area contributed by atoms with E-state index >= 15 is 0 Å². The summed E-state index contributed by atoms with van der Waals surface area (Å²) in [4.78, 5) is 19.5. The highest BCUT2D eigenvalue weighted by Crippen LogP contribution is 2.43. The van der Waals surface area contributed by atoms with Crippen molar-refractivity contribution in [1.29, 1.82) is 0 Å². The summed E-state index contributed by atoms with van der Waals surface area (Å²) in [5.41, 5.74) is 13.8. The molecule has 0 amide bonds. The van der Waals surface area contributed by atoms with Gasteiger partial charge in [0.2, 0.25) is 0 Å². The number of nitrogens with zero attached hydrogens (tertiary/aromatic N) is 3. The molecule has 1 aliphatic rings. The maximum absolute atomic E-state index is 5.26. The molecular weight excluding hydrogens is 621 g/mol. The highest BCUT2D eigenvalue weighted by atomic mass is 14.8. The first-order valence-corrected chi connectivity index (χ1v) is 17.3. The molecule has 51 heavy (non-hydrogen) atoms. The lowest BCUT2D eigenvalue weighted by Crippen LogP contribution is -1.95. The van der Waals surface area contributed by atoms with Crippen LogP contribution >= 0.6 is 0 Å². The number of pyridine rings is 3. The van der Waals surface area contributed by atoms with E-state index in [2.05, 4.69) is 138 Å². The molecule has 4 nitrogen and oxygen atoms in total. The lowest BCUT2D eigenvalue weighted by molar-refractivity contribution is 1.22. The molecule has 0 unspecified atom stereocenters. The number of benzene rings is 6. The van der Waals surface area contributed by atoms with Crippen molar-refractivity contribution in [3.63, 3.8) is 0 Å². The van der Waals surface area contributed by atoms with Gasteiger partial charge in [-0.25, -0.2) is 15.0 Å². The maximum atomic E-state index is 5.26. The van der Waals surface area contributed by atoms with Gasteiger partial charge in [-0.3, -0.25) is 0 Å². The quantitative estimate of drug-likeness (QED) is 0.203. The van der Waals surface area contributed by atoms with Crippen LogP contribution in [-0.4, -0.2) is 19.9 Å². The Morgan fingerprint density at radius 3 is 1.14 bits per heavy atom. The Morgan fingerprint density at radius 2 is 0.686 bits per heavy atom. The van der Waals surface area contributed by atoms with Gasteiger partial charge in [0.05, 0.1) is 45.2 Å². The Kier molecular flexibility index (Phi) is 5.92. The zero-order valence-corrected chi connectivity index (χ0v) is 27.4. The molecule has 0 fully saturated rings. The first-order valence-electron chi connectivity index (χ1n) is 17.3. The molecule has 0 spiro atoms. The number of H-pyrrole nitrogens is 1. The van der Waals surface area contributed by atoms with E-state index in [0.717, 1.165) is 89.4 Å². The van der Waals surface area contributed by atoms with Gasteiger partial charge >= 0.3 is 0 Å². The molecular formula is C47H28N4. The number of aromatic nitrogens is 4. The van der Waals surface area contributed by atoms with Gasteiger partial charge in [0.15, 0.2) is 0 Å². The van der Waals surface area contributed by atoms with Crippen LogP contribution in [0.5, 0.6) is 0 Å². The molecule has 8 bridgehead atoms. The minimum atomic E-state index is 0.814. The molecule has 236 valence electrons. The van der Waals surface area contributed by atoms with Crippen LogP contribution in [-0.2, 0) is 0 Å². The van der Waals surface area contributed by atoms with E-state index in [4.69, 9.17) is 15.0 Å². The van der Waals surface area contributed by atoms with Crippen LogP contribution in [0.25, 0.3) is 111 Å². The van der Waals surface area contributed by atoms with Crippen molar-refractivity contribution in [2.24, 2.45) is 0 Å². The predicted molar refractivity (Wildman–Crippen MR) is 210 cm³/mol. The smallest absolute Gasteiger partial charge is 0.0894 e. The third kappa shape index (κ3) is 4.50. The van der Waals surface area contributed by atoms with Crippen molar-refractivity contribution >= 4 is 43.4 Å². The third-order valence-electron chi connectivity index (χ3n) is 10.3. The topological polar surface area (TPSA) is 54.5 Å². The Balaban J connectivity index is 1.28. The van der Waals surface area contributed by atoms with Crippen molar-refractivity contribution in [3.8, 4) is 67.5 Å². The Morgan fingerprint density at radius 1 is 0.294 bits per heavy atom. The van der Waals surface area contributed by atoms with Crippen molar-refractivity contribution in [1.82, 2.24) is 19.9 Å². The lowest BCUT2D eigenvalue weighted by Gasteiger charge is -2.11. The van der Waals surface area contributed by atoms with Gasteiger partial charge in [-0.2, -0.15) is 0 Å². The van der Waals surface area contributed by atoms with E-state index in [1.165, 1.54) is 21.5 Å². The van der Waals surface area contributed by atoms with Crippen LogP contribution in [0.3, 0.4) is 0 Å². The second kappa shape index (κ2) is 10.8. The maximum Gasteiger partial charge on any atom is 0.0894 e. The molecule has 4 aromatic heterocycles. The van der Waals surface area contributed by atoms with Crippen LogP contribution < -0.4 is 0 Å². The number of rotatable bonds is 2. The second-order valence-corrected chi connectivity index (χ2v) is 13.4. The first-order chi connectivity index (χ1) is 25.2. The van der Waals surface area contributed by atoms with Gasteiger partial charge in [-0.15, -0.1) is 0 Å². The van der Waals surface area contributed by atoms with Gasteiger partial charge in [-0.05, 0) is 117 Å². The van der Waals surface area contributed by atoms with E-state index in [1.807, 2.05) is 30.3 Å². The van der Waals surface area contributed by atoms with E-state index in [9.17, 15) is 0 Å². The Labute approximate surface area is 293 Å². The fourth-order valence-electron chi connectivity index (χ4n) is 7.75. The summed E-state index contributed by atoms with van der Waals surface area (Å²) < 4.78 is 0. The fourth-order valence-corrected chi connectivity index (χ4v) is 7.75. The average Bonchev–Trinajstić information content (AvgIpc) is 3.58. The third-order valence-corrected chi connectivity index (χ3v) is 10.3. The molecule has 0 aliphatic carbocycles. The van der Waals surface area contributed by atoms with Crippen LogP contribution in [0, 0.1) is 0 Å². The van der Waals surface area contributed by atoms with Crippen LogP contribution in [0.15, 0.2) is 164 Å². The molecule has 4 heteroatoms. The second-order valence-electron chi connectivity index (χ2n) is 13.4. The van der Waals surface area contributed by atoms with Gasteiger partial charge in [0.1, 0.15) is 0 Å². The molecule has 11 rings (SSSR count). The number of aromatic amines is 1. The summed E-state index contributed by atoms with van der Waals surface area (Å²) >= 11 is 0. The summed E-state index contributed by atoms with van der Waals surface area (Å²) in [7, 11) is 0. The number of hydrogen-bond donors (Lipinski definition) is 1. The summed E-state index contributed by atoms with van der Waals surface area (Å²) in [6.07, 6.45) is 0. The molecule has 0 radical (unpaired) electrons. The number of hydrogen-bond acceptors (Lipinski definition) is 3. The molecule has 10 aromatic rings. The zero-order valence-electron chi connectivity index (χ0n) is 27.4. The van der Waals surface area contributed by atoms with Gasteiger partial charge in [0, 0.05) is 21.9 Å². The minimum Gasteiger partial charge on any atom is -0.353 e. The number of fused-ring (bicyclic) bond motifs is 13. The van der Waals surface area contributed by atoms with Crippen molar-refractivity contribution < 1.29 is 0 Å². The van der Waals surface area contributed by atoms with Crippen LogP contribution in [0.1, 0.15) is 0 Å². The van der Waals surface area contributed by atoms with Crippen LogP contribution in [0.4, 0.5) is 0 Å². The summed E-state index contributed by atoms with van der Waals surface area (Å²) in [6, 6.07) is 58.3. The highest BCUT2D eigenvalue weighted by molar-refractivity contribution is 6.17.